The number of rotatable bonds is 15. The molecule has 5 rings (SSSR count). The average Bonchev–Trinajstić information content (AvgIpc) is 3.57. The van der Waals surface area contributed by atoms with E-state index >= 15 is 0 Å². The van der Waals surface area contributed by atoms with Crippen molar-refractivity contribution < 1.29 is 27.9 Å². The molecule has 48 heavy (non-hydrogen) atoms. The Kier molecular flexibility index (Phi) is 11.9. The fourth-order valence-electron chi connectivity index (χ4n) is 6.25. The van der Waals surface area contributed by atoms with Gasteiger partial charge in [-0.05, 0) is 0 Å². The Morgan fingerprint density at radius 3 is 1.67 bits per heavy atom. The first-order chi connectivity index (χ1) is 23.1. The third-order valence-electron chi connectivity index (χ3n) is 8.95. The number of benzene rings is 4. The van der Waals surface area contributed by atoms with E-state index < -0.39 is 32.6 Å². The second-order valence-corrected chi connectivity index (χ2v) is 23.2. The van der Waals surface area contributed by atoms with Crippen molar-refractivity contribution >= 4 is 40.0 Å². The van der Waals surface area contributed by atoms with Crippen LogP contribution in [0.5, 0.6) is 11.5 Å². The van der Waals surface area contributed by atoms with Crippen molar-refractivity contribution in [2.24, 2.45) is 5.92 Å². The third kappa shape index (κ3) is 7.92. The molecule has 0 fully saturated rings. The van der Waals surface area contributed by atoms with Crippen LogP contribution in [0.3, 0.4) is 0 Å². The molecule has 0 aliphatic carbocycles. The predicted molar refractivity (Wildman–Crippen MR) is 196 cm³/mol. The first-order valence-electron chi connectivity index (χ1n) is 16.9. The van der Waals surface area contributed by atoms with E-state index in [-0.39, 0.29) is 25.9 Å². The fourth-order valence-corrected chi connectivity index (χ4v) is 18.8. The summed E-state index contributed by atoms with van der Waals surface area (Å²) in [6.45, 7) is 12.8. The quantitative estimate of drug-likeness (QED) is 0.102. The molecule has 1 N–H and O–H groups in total. The van der Waals surface area contributed by atoms with E-state index in [0.29, 0.717) is 35.2 Å². The van der Waals surface area contributed by atoms with E-state index in [1.807, 2.05) is 20.8 Å². The number of ether oxygens (including phenoxy) is 2. The molecular weight excluding hydrogens is 682 g/mol. The Hall–Kier alpha value is -3.36. The number of aryl methyl sites for hydroxylation is 3. The van der Waals surface area contributed by atoms with Gasteiger partial charge in [-0.15, -0.1) is 0 Å². The number of hydrogen-bond acceptors (Lipinski definition) is 6. The number of nitrogens with one attached hydrogen (secondary N) is 1. The van der Waals surface area contributed by atoms with Gasteiger partial charge in [0.1, 0.15) is 0 Å². The van der Waals surface area contributed by atoms with Gasteiger partial charge in [0.15, 0.2) is 0 Å². The van der Waals surface area contributed by atoms with Crippen LogP contribution in [0, 0.1) is 26.7 Å². The molecule has 1 heterocycles. The molecular formula is C39H48GeNO6P. The molecule has 0 radical (unpaired) electrons. The van der Waals surface area contributed by atoms with E-state index in [4.69, 9.17) is 18.5 Å². The Morgan fingerprint density at radius 2 is 1.21 bits per heavy atom. The number of carbonyl (C=O) groups excluding carboxylic acids is 1. The minimum absolute atomic E-state index is 0.106. The molecule has 0 saturated carbocycles. The number of amides is 1. The molecule has 2 unspecified atom stereocenters. The Bertz CT molecular complexity index is 1600. The summed E-state index contributed by atoms with van der Waals surface area (Å²) in [4.78, 5) is 14.5. The van der Waals surface area contributed by atoms with Gasteiger partial charge in [-0.25, -0.2) is 0 Å². The number of hydrogen-bond donors (Lipinski definition) is 1. The zero-order valence-electron chi connectivity index (χ0n) is 29.0. The Morgan fingerprint density at radius 1 is 0.750 bits per heavy atom. The van der Waals surface area contributed by atoms with Gasteiger partial charge in [0, 0.05) is 0 Å². The van der Waals surface area contributed by atoms with Crippen LogP contribution in [0.2, 0.25) is 5.25 Å². The summed E-state index contributed by atoms with van der Waals surface area (Å²) in [6.07, 6.45) is 1.30. The maximum atomic E-state index is 14.6. The van der Waals surface area contributed by atoms with Crippen LogP contribution in [0.1, 0.15) is 61.6 Å². The second kappa shape index (κ2) is 15.9. The van der Waals surface area contributed by atoms with Crippen LogP contribution in [0.15, 0.2) is 91.0 Å². The van der Waals surface area contributed by atoms with Crippen LogP contribution in [-0.4, -0.2) is 39.2 Å². The summed E-state index contributed by atoms with van der Waals surface area (Å²) in [6, 6.07) is 31.9. The van der Waals surface area contributed by atoms with Crippen LogP contribution in [-0.2, 0) is 18.4 Å². The molecule has 2 atom stereocenters. The molecule has 7 nitrogen and oxygen atoms in total. The van der Waals surface area contributed by atoms with E-state index in [1.165, 1.54) is 29.9 Å². The summed E-state index contributed by atoms with van der Waals surface area (Å²) in [5.74, 6) is -0.539. The summed E-state index contributed by atoms with van der Waals surface area (Å²) in [5, 5.41) is 3.81. The van der Waals surface area contributed by atoms with Gasteiger partial charge >= 0.3 is 289 Å². The van der Waals surface area contributed by atoms with Gasteiger partial charge in [-0.2, -0.15) is 0 Å². The summed E-state index contributed by atoms with van der Waals surface area (Å²) in [7, 11) is -3.86. The molecule has 1 aliphatic heterocycles. The third-order valence-corrected chi connectivity index (χ3v) is 22.0. The van der Waals surface area contributed by atoms with Crippen molar-refractivity contribution in [1.82, 2.24) is 5.32 Å². The number of carbonyl (C=O) groups is 1. The number of fused-ring (bicyclic) bond motifs is 1. The van der Waals surface area contributed by atoms with Gasteiger partial charge in [-0.3, -0.25) is 0 Å². The predicted octanol–water partition coefficient (Wildman–Crippen LogP) is 7.31. The normalized spacial score (nSPS) is 14.0. The monoisotopic (exact) mass is 731 g/mol. The average molecular weight is 730 g/mol. The van der Waals surface area contributed by atoms with Crippen molar-refractivity contribution in [3.63, 3.8) is 0 Å². The zero-order valence-corrected chi connectivity index (χ0v) is 31.9. The molecule has 9 heteroatoms. The molecule has 1 aliphatic rings. The zero-order chi connectivity index (χ0) is 34.3. The van der Waals surface area contributed by atoms with Gasteiger partial charge < -0.3 is 0 Å². The minimum atomic E-state index is -3.86. The molecule has 0 spiro atoms. The van der Waals surface area contributed by atoms with Gasteiger partial charge in [-0.1, -0.05) is 0 Å². The van der Waals surface area contributed by atoms with Crippen molar-refractivity contribution in [1.29, 1.82) is 0 Å². The summed E-state index contributed by atoms with van der Waals surface area (Å²) < 4.78 is 41.6. The molecule has 4 aromatic rings. The Balaban J connectivity index is 1.58. The molecule has 0 bridgehead atoms. The summed E-state index contributed by atoms with van der Waals surface area (Å²) >= 11 is -3.52. The topological polar surface area (TPSA) is 83.1 Å². The molecule has 0 aromatic heterocycles. The molecule has 4 aromatic carbocycles. The SMILES string of the molecule is CCCOP(=O)(OCCC)C(NC(=O)C(C)[CH2][Ge]([c]1ccc(C)cc1)([c]1ccc(C)cc1)[c]1ccc(C)cc1)c1ccc2c(c1)OCO2. The van der Waals surface area contributed by atoms with Crippen LogP contribution >= 0.6 is 7.60 Å². The van der Waals surface area contributed by atoms with Crippen LogP contribution in [0.4, 0.5) is 0 Å². The maximum absolute atomic E-state index is 14.6. The Labute approximate surface area is 288 Å². The molecule has 254 valence electrons. The van der Waals surface area contributed by atoms with Crippen LogP contribution < -0.4 is 28.0 Å². The first kappa shape index (κ1) is 35.9. The standard InChI is InChI=1S/C39H48GeNO6P/c1-7-23-46-48(43,47-24-8-2)39(32-15-22-36-37(25-32)45-27-44-36)41-38(42)31(6)26-40(33-16-9-28(3)10-17-33,34-18-11-29(4)12-19-34)35-20-13-30(5)14-21-35/h9-22,25,31,39H,7-8,23-24,26-27H2,1-6H3,(H,41,42). The van der Waals surface area contributed by atoms with E-state index in [9.17, 15) is 9.36 Å². The van der Waals surface area contributed by atoms with Crippen molar-refractivity contribution in [3.8, 4) is 11.5 Å². The van der Waals surface area contributed by atoms with Crippen molar-refractivity contribution in [2.75, 3.05) is 20.0 Å². The van der Waals surface area contributed by atoms with Gasteiger partial charge in [0.25, 0.3) is 0 Å². The van der Waals surface area contributed by atoms with Crippen LogP contribution in [0.25, 0.3) is 0 Å². The van der Waals surface area contributed by atoms with Crippen molar-refractivity contribution in [2.45, 2.75) is 65.4 Å². The summed E-state index contributed by atoms with van der Waals surface area (Å²) in [5.41, 5.74) is 4.15. The molecule has 1 amide bonds. The van der Waals surface area contributed by atoms with Gasteiger partial charge in [0.2, 0.25) is 0 Å². The van der Waals surface area contributed by atoms with E-state index in [2.05, 4.69) is 98.9 Å². The first-order valence-corrected chi connectivity index (χ1v) is 23.1. The second-order valence-electron chi connectivity index (χ2n) is 12.8. The molecule has 0 saturated heterocycles. The van der Waals surface area contributed by atoms with E-state index in [1.54, 1.807) is 18.2 Å². The van der Waals surface area contributed by atoms with Gasteiger partial charge in [0.05, 0.1) is 0 Å². The van der Waals surface area contributed by atoms with E-state index in [0.717, 1.165) is 0 Å². The van der Waals surface area contributed by atoms with Crippen molar-refractivity contribution in [3.05, 3.63) is 113 Å². The fraction of sp³-hybridized carbons (Fsp3) is 0.359.